The topological polar surface area (TPSA) is 43.7 Å². The van der Waals surface area contributed by atoms with Crippen LogP contribution in [-0.2, 0) is 11.0 Å². The molecule has 1 saturated heterocycles. The zero-order chi connectivity index (χ0) is 26.5. The molecule has 0 spiro atoms. The van der Waals surface area contributed by atoms with Gasteiger partial charge in [-0.1, -0.05) is 113 Å². The number of likely N-dealkylation sites (tertiary alicyclic amines) is 1. The lowest BCUT2D eigenvalue weighted by molar-refractivity contribution is -0.0146. The Hall–Kier alpha value is -2.46. The van der Waals surface area contributed by atoms with Crippen molar-refractivity contribution in [3.05, 3.63) is 107 Å². The molecular weight excluding hydrogens is 454 g/mol. The van der Waals surface area contributed by atoms with Crippen LogP contribution in [0.4, 0.5) is 0 Å². The van der Waals surface area contributed by atoms with Crippen LogP contribution >= 0.6 is 0 Å². The van der Waals surface area contributed by atoms with Crippen LogP contribution in [0.2, 0.25) is 0 Å². The first-order valence-electron chi connectivity index (χ1n) is 14.1. The molecule has 1 fully saturated rings. The number of hydrogen-bond acceptors (Lipinski definition) is 3. The number of benzene rings is 3. The minimum Gasteiger partial charge on any atom is -0.388 e. The largest absolute Gasteiger partial charge is 0.388 e. The zero-order valence-corrected chi connectivity index (χ0v) is 23.1. The highest BCUT2D eigenvalue weighted by atomic mass is 16.3. The fourth-order valence-electron chi connectivity index (χ4n) is 5.74. The van der Waals surface area contributed by atoms with Crippen molar-refractivity contribution in [2.45, 2.75) is 70.5 Å². The molecule has 1 atom stereocenters. The van der Waals surface area contributed by atoms with Crippen LogP contribution in [0.25, 0.3) is 0 Å². The summed E-state index contributed by atoms with van der Waals surface area (Å²) in [6.07, 6.45) is 3.22. The van der Waals surface area contributed by atoms with E-state index in [2.05, 4.69) is 81.1 Å². The fraction of sp³-hybridized carbons (Fsp3) is 0.471. The Kier molecular flexibility index (Phi) is 8.90. The van der Waals surface area contributed by atoms with Gasteiger partial charge in [0.15, 0.2) is 0 Å². The summed E-state index contributed by atoms with van der Waals surface area (Å²) in [4.78, 5) is 2.49. The molecule has 1 aliphatic rings. The molecular formula is C34H45NO2. The first kappa shape index (κ1) is 27.6. The van der Waals surface area contributed by atoms with Crippen LogP contribution in [0.15, 0.2) is 84.9 Å². The average molecular weight is 500 g/mol. The number of aliphatic hydroxyl groups excluding tert-OH is 1. The van der Waals surface area contributed by atoms with Crippen molar-refractivity contribution in [2.24, 2.45) is 11.8 Å². The second kappa shape index (κ2) is 11.9. The van der Waals surface area contributed by atoms with E-state index in [1.165, 1.54) is 5.56 Å². The normalized spacial score (nSPS) is 16.7. The number of nitrogens with zero attached hydrogens (tertiary/aromatic N) is 1. The highest BCUT2D eigenvalue weighted by molar-refractivity contribution is 5.37. The fourth-order valence-corrected chi connectivity index (χ4v) is 5.74. The third-order valence-electron chi connectivity index (χ3n) is 9.04. The average Bonchev–Trinajstić information content (AvgIpc) is 2.94. The Morgan fingerprint density at radius 3 is 1.78 bits per heavy atom. The number of piperidine rings is 1. The maximum atomic E-state index is 12.1. The summed E-state index contributed by atoms with van der Waals surface area (Å²) in [5.74, 6) is 0.733. The molecule has 0 saturated carbocycles. The van der Waals surface area contributed by atoms with E-state index in [9.17, 15) is 10.2 Å². The molecule has 3 aromatic carbocycles. The second-order valence-corrected chi connectivity index (χ2v) is 11.8. The van der Waals surface area contributed by atoms with Crippen molar-refractivity contribution < 1.29 is 10.2 Å². The van der Waals surface area contributed by atoms with Crippen molar-refractivity contribution in [1.82, 2.24) is 4.90 Å². The third kappa shape index (κ3) is 6.17. The minimum absolute atomic E-state index is 0.128. The van der Waals surface area contributed by atoms with Gasteiger partial charge in [-0.3, -0.25) is 0 Å². The number of hydrogen-bond donors (Lipinski definition) is 2. The lowest BCUT2D eigenvalue weighted by atomic mass is 9.72. The molecule has 0 aliphatic carbocycles. The first-order chi connectivity index (χ1) is 17.7. The van der Waals surface area contributed by atoms with E-state index >= 15 is 0 Å². The monoisotopic (exact) mass is 499 g/mol. The van der Waals surface area contributed by atoms with E-state index in [-0.39, 0.29) is 11.3 Å². The summed E-state index contributed by atoms with van der Waals surface area (Å²) >= 11 is 0. The van der Waals surface area contributed by atoms with Gasteiger partial charge in [-0.2, -0.15) is 0 Å². The molecule has 3 aromatic rings. The van der Waals surface area contributed by atoms with Crippen molar-refractivity contribution in [2.75, 3.05) is 19.6 Å². The summed E-state index contributed by atoms with van der Waals surface area (Å²) in [7, 11) is 0. The molecule has 0 bridgehead atoms. The third-order valence-corrected chi connectivity index (χ3v) is 9.04. The predicted octanol–water partition coefficient (Wildman–Crippen LogP) is 7.08. The van der Waals surface area contributed by atoms with E-state index in [0.717, 1.165) is 62.0 Å². The Labute approximate surface area is 224 Å². The molecule has 0 aromatic heterocycles. The molecule has 1 heterocycles. The van der Waals surface area contributed by atoms with Gasteiger partial charge < -0.3 is 15.1 Å². The van der Waals surface area contributed by atoms with Gasteiger partial charge in [0, 0.05) is 0 Å². The number of aliphatic hydroxyl groups is 2. The van der Waals surface area contributed by atoms with Gasteiger partial charge in [-0.05, 0) is 84.8 Å². The molecule has 3 nitrogen and oxygen atoms in total. The van der Waals surface area contributed by atoms with Crippen LogP contribution in [0.3, 0.4) is 0 Å². The predicted molar refractivity (Wildman–Crippen MR) is 154 cm³/mol. The standard InChI is InChI=1S/C34H45NO2/c1-26(2)33(3,4)28-19-17-27(18-20-28)32(36)16-11-23-35-24-21-31(22-25-35)34(37,29-12-7-5-8-13-29)30-14-9-6-10-15-30/h5-10,12-15,17-20,26,31-32,36-37H,11,16,21-25H2,1-4H3. The Morgan fingerprint density at radius 2 is 1.30 bits per heavy atom. The Bertz CT molecular complexity index is 1040. The highest BCUT2D eigenvalue weighted by Gasteiger charge is 2.41. The molecule has 1 unspecified atom stereocenters. The maximum Gasteiger partial charge on any atom is 0.117 e. The smallest absolute Gasteiger partial charge is 0.117 e. The van der Waals surface area contributed by atoms with Crippen LogP contribution < -0.4 is 0 Å². The van der Waals surface area contributed by atoms with Gasteiger partial charge >= 0.3 is 0 Å². The van der Waals surface area contributed by atoms with Gasteiger partial charge in [0.25, 0.3) is 0 Å². The molecule has 4 rings (SSSR count). The lowest BCUT2D eigenvalue weighted by Crippen LogP contribution is -2.44. The quantitative estimate of drug-likeness (QED) is 0.313. The van der Waals surface area contributed by atoms with Gasteiger partial charge in [0.1, 0.15) is 5.60 Å². The first-order valence-corrected chi connectivity index (χ1v) is 14.1. The number of rotatable bonds is 10. The van der Waals surface area contributed by atoms with E-state index in [1.807, 2.05) is 36.4 Å². The highest BCUT2D eigenvalue weighted by Crippen LogP contribution is 2.42. The molecule has 198 valence electrons. The summed E-state index contributed by atoms with van der Waals surface area (Å²) in [6, 6.07) is 28.9. The summed E-state index contributed by atoms with van der Waals surface area (Å²) in [6.45, 7) is 12.0. The van der Waals surface area contributed by atoms with E-state index in [4.69, 9.17) is 0 Å². The van der Waals surface area contributed by atoms with E-state index in [1.54, 1.807) is 0 Å². The zero-order valence-electron chi connectivity index (χ0n) is 23.1. The van der Waals surface area contributed by atoms with Crippen molar-refractivity contribution >= 4 is 0 Å². The Morgan fingerprint density at radius 1 is 0.784 bits per heavy atom. The van der Waals surface area contributed by atoms with Crippen LogP contribution in [0, 0.1) is 11.8 Å². The summed E-state index contributed by atoms with van der Waals surface area (Å²) in [5, 5.41) is 22.9. The van der Waals surface area contributed by atoms with Gasteiger partial charge in [-0.25, -0.2) is 0 Å². The summed E-state index contributed by atoms with van der Waals surface area (Å²) in [5.41, 5.74) is 3.45. The molecule has 37 heavy (non-hydrogen) atoms. The minimum atomic E-state index is -0.971. The van der Waals surface area contributed by atoms with Crippen molar-refractivity contribution in [1.29, 1.82) is 0 Å². The van der Waals surface area contributed by atoms with E-state index < -0.39 is 11.7 Å². The molecule has 0 amide bonds. The van der Waals surface area contributed by atoms with Crippen molar-refractivity contribution in [3.63, 3.8) is 0 Å². The summed E-state index contributed by atoms with van der Waals surface area (Å²) < 4.78 is 0. The molecule has 1 aliphatic heterocycles. The van der Waals surface area contributed by atoms with E-state index in [0.29, 0.717) is 5.92 Å². The molecule has 3 heteroatoms. The molecule has 2 N–H and O–H groups in total. The van der Waals surface area contributed by atoms with Gasteiger partial charge in [-0.15, -0.1) is 0 Å². The van der Waals surface area contributed by atoms with Crippen LogP contribution in [0.5, 0.6) is 0 Å². The molecule has 0 radical (unpaired) electrons. The SMILES string of the molecule is CC(C)C(C)(C)c1ccc(C(O)CCCN2CCC(C(O)(c3ccccc3)c3ccccc3)CC2)cc1. The van der Waals surface area contributed by atoms with Gasteiger partial charge in [0.2, 0.25) is 0 Å². The Balaban J connectivity index is 1.31. The van der Waals surface area contributed by atoms with Crippen LogP contribution in [-0.4, -0.2) is 34.7 Å². The van der Waals surface area contributed by atoms with Crippen LogP contribution in [0.1, 0.15) is 81.7 Å². The maximum absolute atomic E-state index is 12.1. The second-order valence-electron chi connectivity index (χ2n) is 11.8. The van der Waals surface area contributed by atoms with Crippen molar-refractivity contribution in [3.8, 4) is 0 Å². The van der Waals surface area contributed by atoms with Gasteiger partial charge in [0.05, 0.1) is 6.10 Å². The lowest BCUT2D eigenvalue weighted by Gasteiger charge is -2.42.